The van der Waals surface area contributed by atoms with E-state index in [1.54, 1.807) is 29.7 Å². The number of fused-ring (bicyclic) bond motifs is 3. The van der Waals surface area contributed by atoms with Gasteiger partial charge >= 0.3 is 5.97 Å². The van der Waals surface area contributed by atoms with E-state index in [1.807, 2.05) is 43.3 Å². The van der Waals surface area contributed by atoms with Crippen LogP contribution < -0.4 is 0 Å². The predicted molar refractivity (Wildman–Crippen MR) is 124 cm³/mol. The Kier molecular flexibility index (Phi) is 5.34. The van der Waals surface area contributed by atoms with Crippen LogP contribution in [-0.4, -0.2) is 21.6 Å². The molecule has 5 rings (SSSR count). The molecule has 5 nitrogen and oxygen atoms in total. The number of benzene rings is 2. The maximum atomic E-state index is 12.4. The second-order valence-corrected chi connectivity index (χ2v) is 9.13. The number of halogens is 1. The van der Waals surface area contributed by atoms with E-state index in [-0.39, 0.29) is 0 Å². The second-order valence-electron chi connectivity index (χ2n) is 7.63. The molecule has 0 atom stereocenters. The Morgan fingerprint density at radius 1 is 1.13 bits per heavy atom. The maximum Gasteiger partial charge on any atom is 0.365 e. The summed E-state index contributed by atoms with van der Waals surface area (Å²) < 4.78 is 2.16. The minimum absolute atomic E-state index is 0.465. The molecule has 1 aliphatic carbocycles. The van der Waals surface area contributed by atoms with Crippen molar-refractivity contribution in [3.05, 3.63) is 80.9 Å². The summed E-state index contributed by atoms with van der Waals surface area (Å²) in [4.78, 5) is 24.7. The third kappa shape index (κ3) is 3.89. The third-order valence-corrected chi connectivity index (χ3v) is 6.87. The molecule has 4 aromatic rings. The maximum absolute atomic E-state index is 12.4. The molecule has 1 aliphatic rings. The molecule has 0 fully saturated rings. The van der Waals surface area contributed by atoms with Gasteiger partial charge in [-0.25, -0.2) is 9.78 Å². The first-order valence-electron chi connectivity index (χ1n) is 10.2. The van der Waals surface area contributed by atoms with E-state index in [1.165, 1.54) is 17.0 Å². The molecule has 0 amide bonds. The highest BCUT2D eigenvalue weighted by atomic mass is 35.5. The van der Waals surface area contributed by atoms with Crippen LogP contribution >= 0.6 is 22.9 Å². The Hall–Kier alpha value is -2.96. The molecule has 0 unspecified atom stereocenters. The predicted octanol–water partition coefficient (Wildman–Crippen LogP) is 6.09. The Morgan fingerprint density at radius 3 is 2.65 bits per heavy atom. The fourth-order valence-corrected chi connectivity index (χ4v) is 5.21. The fourth-order valence-electron chi connectivity index (χ4n) is 3.87. The zero-order valence-corrected chi connectivity index (χ0v) is 18.5. The summed E-state index contributed by atoms with van der Waals surface area (Å²) in [6.07, 6.45) is 6.05. The lowest BCUT2D eigenvalue weighted by molar-refractivity contribution is 0.0519. The number of rotatable bonds is 4. The summed E-state index contributed by atoms with van der Waals surface area (Å²) in [6.45, 7) is 1.97. The highest BCUT2D eigenvalue weighted by Crippen LogP contribution is 2.34. The van der Waals surface area contributed by atoms with Crippen LogP contribution in [0, 0.1) is 6.92 Å². The molecule has 2 heterocycles. The number of aromatic nitrogens is 2. The van der Waals surface area contributed by atoms with E-state index >= 15 is 0 Å². The van der Waals surface area contributed by atoms with Crippen molar-refractivity contribution in [1.82, 2.24) is 9.38 Å². The molecule has 0 N–H and O–H groups in total. The van der Waals surface area contributed by atoms with Crippen LogP contribution in [0.15, 0.2) is 53.7 Å². The zero-order valence-electron chi connectivity index (χ0n) is 17.0. The van der Waals surface area contributed by atoms with Gasteiger partial charge in [0.2, 0.25) is 0 Å². The van der Waals surface area contributed by atoms with Gasteiger partial charge in [0.15, 0.2) is 4.96 Å². The van der Waals surface area contributed by atoms with Crippen molar-refractivity contribution in [3.8, 4) is 11.3 Å². The number of carbonyl (C=O) groups excluding carboxylic acids is 1. The first kappa shape index (κ1) is 20.0. The number of hydrogen-bond acceptors (Lipinski definition) is 5. The summed E-state index contributed by atoms with van der Waals surface area (Å²) in [7, 11) is 0. The van der Waals surface area contributed by atoms with Crippen LogP contribution in [0.2, 0.25) is 5.02 Å². The molecule has 0 saturated heterocycles. The first-order valence-corrected chi connectivity index (χ1v) is 11.4. The van der Waals surface area contributed by atoms with Gasteiger partial charge in [0.1, 0.15) is 0 Å². The molecule has 156 valence electrons. The third-order valence-electron chi connectivity index (χ3n) is 5.47. The monoisotopic (exact) mass is 449 g/mol. The lowest BCUT2D eigenvalue weighted by atomic mass is 10.0. The lowest BCUT2D eigenvalue weighted by Gasteiger charge is -2.11. The summed E-state index contributed by atoms with van der Waals surface area (Å²) in [5, 5.41) is 4.71. The molecule has 0 bridgehead atoms. The van der Waals surface area contributed by atoms with E-state index in [0.717, 1.165) is 46.7 Å². The second kappa shape index (κ2) is 8.29. The van der Waals surface area contributed by atoms with Crippen LogP contribution in [0.3, 0.4) is 0 Å². The van der Waals surface area contributed by atoms with Crippen LogP contribution in [-0.2, 0) is 17.7 Å². The SMILES string of the molecule is Cc1ccc(C(=O)ON=Cc2c(-c3ccc(Cl)cc3)nc3sc4c(n23)CCCC4)cc1. The van der Waals surface area contributed by atoms with Crippen molar-refractivity contribution in [3.63, 3.8) is 0 Å². The molecule has 31 heavy (non-hydrogen) atoms. The summed E-state index contributed by atoms with van der Waals surface area (Å²) in [5.41, 5.74) is 5.38. The quantitative estimate of drug-likeness (QED) is 0.215. The molecule has 2 aromatic heterocycles. The largest absolute Gasteiger partial charge is 0.365 e. The van der Waals surface area contributed by atoms with Gasteiger partial charge < -0.3 is 4.84 Å². The van der Waals surface area contributed by atoms with Gasteiger partial charge in [0.25, 0.3) is 0 Å². The highest BCUT2D eigenvalue weighted by molar-refractivity contribution is 7.17. The molecule has 2 aromatic carbocycles. The van der Waals surface area contributed by atoms with E-state index < -0.39 is 5.97 Å². The van der Waals surface area contributed by atoms with E-state index in [4.69, 9.17) is 21.4 Å². The molecule has 0 aliphatic heterocycles. The number of carbonyl (C=O) groups is 1. The Balaban J connectivity index is 1.53. The van der Waals surface area contributed by atoms with Gasteiger partial charge in [-0.2, -0.15) is 0 Å². The Morgan fingerprint density at radius 2 is 1.87 bits per heavy atom. The van der Waals surface area contributed by atoms with Gasteiger partial charge in [-0.1, -0.05) is 46.6 Å². The van der Waals surface area contributed by atoms with Gasteiger partial charge in [0.05, 0.1) is 23.2 Å². The van der Waals surface area contributed by atoms with E-state index in [0.29, 0.717) is 10.6 Å². The van der Waals surface area contributed by atoms with Crippen molar-refractivity contribution in [2.45, 2.75) is 32.6 Å². The number of hydrogen-bond donors (Lipinski definition) is 0. The van der Waals surface area contributed by atoms with E-state index in [9.17, 15) is 4.79 Å². The summed E-state index contributed by atoms with van der Waals surface area (Å²) in [6, 6.07) is 14.8. The number of oxime groups is 1. The molecular formula is C24H20ClN3O2S. The standard InChI is InChI=1S/C24H20ClN3O2S/c1-15-6-8-17(9-7-15)23(29)30-26-14-20-22(16-10-12-18(25)13-11-16)27-24-28(20)19-4-2-3-5-21(19)31-24/h6-14H,2-5H2,1H3. The van der Waals surface area contributed by atoms with Crippen molar-refractivity contribution in [2.75, 3.05) is 0 Å². The van der Waals surface area contributed by atoms with Crippen LogP contribution in [0.4, 0.5) is 0 Å². The normalized spacial score (nSPS) is 13.6. The minimum Gasteiger partial charge on any atom is -0.313 e. The number of aryl methyl sites for hydroxylation is 3. The molecule has 7 heteroatoms. The summed E-state index contributed by atoms with van der Waals surface area (Å²) >= 11 is 7.80. The molecular weight excluding hydrogens is 430 g/mol. The van der Waals surface area contributed by atoms with Crippen molar-refractivity contribution in [2.24, 2.45) is 5.16 Å². The average Bonchev–Trinajstić information content (AvgIpc) is 3.31. The summed E-state index contributed by atoms with van der Waals surface area (Å²) in [5.74, 6) is -0.489. The van der Waals surface area contributed by atoms with Crippen LogP contribution in [0.25, 0.3) is 16.2 Å². The molecule has 0 radical (unpaired) electrons. The fraction of sp³-hybridized carbons (Fsp3) is 0.208. The highest BCUT2D eigenvalue weighted by Gasteiger charge is 2.22. The van der Waals surface area contributed by atoms with Gasteiger partial charge in [-0.3, -0.25) is 4.40 Å². The number of nitrogens with zero attached hydrogens (tertiary/aromatic N) is 3. The van der Waals surface area contributed by atoms with Crippen molar-refractivity contribution >= 4 is 40.1 Å². The first-order chi connectivity index (χ1) is 15.1. The molecule has 0 saturated carbocycles. The average molecular weight is 450 g/mol. The van der Waals surface area contributed by atoms with Crippen molar-refractivity contribution < 1.29 is 9.63 Å². The van der Waals surface area contributed by atoms with Crippen LogP contribution in [0.1, 0.15) is 45.0 Å². The molecule has 0 spiro atoms. The van der Waals surface area contributed by atoms with Crippen molar-refractivity contribution in [1.29, 1.82) is 0 Å². The lowest BCUT2D eigenvalue weighted by Crippen LogP contribution is -2.06. The minimum atomic E-state index is -0.489. The van der Waals surface area contributed by atoms with Crippen LogP contribution in [0.5, 0.6) is 0 Å². The van der Waals surface area contributed by atoms with Gasteiger partial charge in [-0.15, -0.1) is 11.3 Å². The number of thiazole rings is 1. The smallest absolute Gasteiger partial charge is 0.313 e. The van der Waals surface area contributed by atoms with E-state index in [2.05, 4.69) is 9.56 Å². The van der Waals surface area contributed by atoms with Gasteiger partial charge in [-0.05, 0) is 56.9 Å². The number of imidazole rings is 1. The zero-order chi connectivity index (χ0) is 21.4. The Bertz CT molecular complexity index is 1290. The topological polar surface area (TPSA) is 56.0 Å². The Labute approximate surface area is 189 Å². The van der Waals surface area contributed by atoms with Gasteiger partial charge in [0, 0.05) is 21.2 Å².